The van der Waals surface area contributed by atoms with Crippen molar-refractivity contribution in [3.8, 4) is 6.07 Å². The number of nitrogens with zero attached hydrogens (tertiary/aromatic N) is 1. The molecule has 0 heterocycles. The van der Waals surface area contributed by atoms with Crippen molar-refractivity contribution in [3.63, 3.8) is 0 Å². The second kappa shape index (κ2) is 6.56. The van der Waals surface area contributed by atoms with Gasteiger partial charge in [-0.05, 0) is 37.5 Å². The Hall–Kier alpha value is -1.42. The number of sulfonamides is 1. The predicted molar refractivity (Wildman–Crippen MR) is 81.1 cm³/mol. The molecule has 2 atom stereocenters. The lowest BCUT2D eigenvalue weighted by atomic mass is 10.1. The number of rotatable bonds is 3. The highest BCUT2D eigenvalue weighted by atomic mass is 32.2. The van der Waals surface area contributed by atoms with E-state index in [1.807, 2.05) is 6.07 Å². The zero-order valence-electron chi connectivity index (χ0n) is 12.2. The van der Waals surface area contributed by atoms with Crippen LogP contribution in [0.4, 0.5) is 0 Å². The molecule has 5 nitrogen and oxygen atoms in total. The summed E-state index contributed by atoms with van der Waals surface area (Å²) in [5.74, 6) is 0. The van der Waals surface area contributed by atoms with E-state index < -0.39 is 10.0 Å². The summed E-state index contributed by atoms with van der Waals surface area (Å²) in [7, 11) is -3.65. The van der Waals surface area contributed by atoms with Crippen molar-refractivity contribution in [1.29, 1.82) is 5.26 Å². The van der Waals surface area contributed by atoms with Crippen LogP contribution in [0.1, 0.15) is 43.2 Å². The number of nitriles is 1. The van der Waals surface area contributed by atoms with Crippen LogP contribution in [0, 0.1) is 18.3 Å². The maximum absolute atomic E-state index is 12.6. The second-order valence-electron chi connectivity index (χ2n) is 5.62. The Morgan fingerprint density at radius 2 is 2.00 bits per heavy atom. The summed E-state index contributed by atoms with van der Waals surface area (Å²) < 4.78 is 27.9. The van der Waals surface area contributed by atoms with Gasteiger partial charge >= 0.3 is 0 Å². The van der Waals surface area contributed by atoms with Gasteiger partial charge in [-0.2, -0.15) is 5.26 Å². The van der Waals surface area contributed by atoms with Gasteiger partial charge in [0, 0.05) is 12.1 Å². The van der Waals surface area contributed by atoms with E-state index in [4.69, 9.17) is 11.0 Å². The van der Waals surface area contributed by atoms with E-state index >= 15 is 0 Å². The summed E-state index contributed by atoms with van der Waals surface area (Å²) in [6, 6.07) is 6.27. The zero-order valence-corrected chi connectivity index (χ0v) is 13.0. The van der Waals surface area contributed by atoms with Crippen molar-refractivity contribution >= 4 is 10.0 Å². The van der Waals surface area contributed by atoms with Crippen LogP contribution >= 0.6 is 0 Å². The third-order valence-electron chi connectivity index (χ3n) is 3.98. The molecule has 1 aliphatic rings. The van der Waals surface area contributed by atoms with Crippen LogP contribution in [-0.2, 0) is 10.0 Å². The van der Waals surface area contributed by atoms with Crippen LogP contribution in [0.2, 0.25) is 0 Å². The van der Waals surface area contributed by atoms with Gasteiger partial charge in [-0.25, -0.2) is 13.1 Å². The van der Waals surface area contributed by atoms with E-state index in [1.54, 1.807) is 19.1 Å². The number of hydrogen-bond acceptors (Lipinski definition) is 4. The highest BCUT2D eigenvalue weighted by molar-refractivity contribution is 7.89. The lowest BCUT2D eigenvalue weighted by Crippen LogP contribution is -2.46. The van der Waals surface area contributed by atoms with Crippen LogP contribution in [0.25, 0.3) is 0 Å². The van der Waals surface area contributed by atoms with Crippen LogP contribution in [0.5, 0.6) is 0 Å². The molecule has 0 spiro atoms. The van der Waals surface area contributed by atoms with Gasteiger partial charge in [0.1, 0.15) is 0 Å². The first-order valence-electron chi connectivity index (χ1n) is 7.23. The lowest BCUT2D eigenvalue weighted by molar-refractivity contribution is 0.456. The summed E-state index contributed by atoms with van der Waals surface area (Å²) in [6.07, 6.45) is 4.72. The molecule has 0 aromatic heterocycles. The van der Waals surface area contributed by atoms with Gasteiger partial charge in [0.25, 0.3) is 0 Å². The topological polar surface area (TPSA) is 96.0 Å². The monoisotopic (exact) mass is 307 g/mol. The molecule has 1 saturated carbocycles. The van der Waals surface area contributed by atoms with Crippen LogP contribution in [0.3, 0.4) is 0 Å². The van der Waals surface area contributed by atoms with Crippen LogP contribution < -0.4 is 10.5 Å². The lowest BCUT2D eigenvalue weighted by Gasteiger charge is -2.23. The van der Waals surface area contributed by atoms with Crippen LogP contribution in [0.15, 0.2) is 23.1 Å². The minimum atomic E-state index is -3.65. The SMILES string of the molecule is Cc1ccc(C#N)cc1S(=O)(=O)NC1CCCCCC1N. The first kappa shape index (κ1) is 16.0. The smallest absolute Gasteiger partial charge is 0.241 e. The van der Waals surface area contributed by atoms with Crippen LogP contribution in [-0.4, -0.2) is 20.5 Å². The first-order chi connectivity index (χ1) is 9.94. The molecule has 1 fully saturated rings. The first-order valence-corrected chi connectivity index (χ1v) is 8.71. The number of nitrogens with one attached hydrogen (secondary N) is 1. The normalized spacial score (nSPS) is 23.3. The number of aryl methyl sites for hydroxylation is 1. The maximum Gasteiger partial charge on any atom is 0.241 e. The fourth-order valence-corrected chi connectivity index (χ4v) is 4.30. The Balaban J connectivity index is 2.27. The molecule has 1 aromatic carbocycles. The summed E-state index contributed by atoms with van der Waals surface area (Å²) >= 11 is 0. The number of hydrogen-bond donors (Lipinski definition) is 2. The Labute approximate surface area is 126 Å². The van der Waals surface area contributed by atoms with E-state index in [9.17, 15) is 8.42 Å². The second-order valence-corrected chi connectivity index (χ2v) is 7.30. The van der Waals surface area contributed by atoms with E-state index in [0.29, 0.717) is 11.1 Å². The maximum atomic E-state index is 12.6. The minimum Gasteiger partial charge on any atom is -0.326 e. The van der Waals surface area contributed by atoms with Crippen molar-refractivity contribution < 1.29 is 8.42 Å². The van der Waals surface area contributed by atoms with Gasteiger partial charge in [0.2, 0.25) is 10.0 Å². The molecule has 2 unspecified atom stereocenters. The molecular formula is C15H21N3O2S. The van der Waals surface area contributed by atoms with Gasteiger partial charge in [-0.1, -0.05) is 25.3 Å². The molecule has 0 aliphatic heterocycles. The van der Waals surface area contributed by atoms with Crippen molar-refractivity contribution in [2.24, 2.45) is 5.73 Å². The summed E-state index contributed by atoms with van der Waals surface area (Å²) in [6.45, 7) is 1.72. The molecule has 3 N–H and O–H groups in total. The quantitative estimate of drug-likeness (QED) is 0.832. The molecule has 0 saturated heterocycles. The van der Waals surface area contributed by atoms with Crippen molar-refractivity contribution in [2.75, 3.05) is 0 Å². The third kappa shape index (κ3) is 3.82. The number of nitrogens with two attached hydrogens (primary N) is 1. The average Bonchev–Trinajstić information content (AvgIpc) is 2.64. The Morgan fingerprint density at radius 3 is 2.71 bits per heavy atom. The van der Waals surface area contributed by atoms with Gasteiger partial charge < -0.3 is 5.73 Å². The predicted octanol–water partition coefficient (Wildman–Crippen LogP) is 1.80. The van der Waals surface area contributed by atoms with E-state index in [1.165, 1.54) is 6.07 Å². The van der Waals surface area contributed by atoms with Crippen molar-refractivity contribution in [1.82, 2.24) is 4.72 Å². The van der Waals surface area contributed by atoms with Gasteiger partial charge in [0.05, 0.1) is 16.5 Å². The zero-order chi connectivity index (χ0) is 15.5. The molecular weight excluding hydrogens is 286 g/mol. The molecule has 1 aromatic rings. The Bertz CT molecular complexity index is 649. The van der Waals surface area contributed by atoms with E-state index in [2.05, 4.69) is 4.72 Å². The Morgan fingerprint density at radius 1 is 1.29 bits per heavy atom. The molecule has 114 valence electrons. The molecule has 2 rings (SSSR count). The van der Waals surface area contributed by atoms with E-state index in [-0.39, 0.29) is 17.0 Å². The van der Waals surface area contributed by atoms with Gasteiger partial charge in [-0.15, -0.1) is 0 Å². The molecule has 0 amide bonds. The standard InChI is InChI=1S/C15H21N3O2S/c1-11-7-8-12(10-16)9-15(11)21(19,20)18-14-6-4-2-3-5-13(14)17/h7-9,13-14,18H,2-6,17H2,1H3. The Kier molecular flexibility index (Phi) is 4.99. The largest absolute Gasteiger partial charge is 0.326 e. The van der Waals surface area contributed by atoms with Crippen molar-refractivity contribution in [2.45, 2.75) is 56.0 Å². The molecule has 6 heteroatoms. The third-order valence-corrected chi connectivity index (χ3v) is 5.61. The van der Waals surface area contributed by atoms with Crippen molar-refractivity contribution in [3.05, 3.63) is 29.3 Å². The minimum absolute atomic E-state index is 0.151. The molecule has 0 radical (unpaired) electrons. The van der Waals surface area contributed by atoms with Gasteiger partial charge in [-0.3, -0.25) is 0 Å². The highest BCUT2D eigenvalue weighted by Crippen LogP contribution is 2.21. The van der Waals surface area contributed by atoms with Gasteiger partial charge in [0.15, 0.2) is 0 Å². The van der Waals surface area contributed by atoms with E-state index in [0.717, 1.165) is 32.1 Å². The molecule has 21 heavy (non-hydrogen) atoms. The fraction of sp³-hybridized carbons (Fsp3) is 0.533. The molecule has 1 aliphatic carbocycles. The fourth-order valence-electron chi connectivity index (χ4n) is 2.70. The number of benzene rings is 1. The average molecular weight is 307 g/mol. The summed E-state index contributed by atoms with van der Waals surface area (Å²) in [4.78, 5) is 0.165. The molecule has 0 bridgehead atoms. The summed E-state index contributed by atoms with van der Waals surface area (Å²) in [5.41, 5.74) is 7.05. The summed E-state index contributed by atoms with van der Waals surface area (Å²) in [5, 5.41) is 8.93. The highest BCUT2D eigenvalue weighted by Gasteiger charge is 2.27.